The molecule has 0 aliphatic rings. The Hall–Kier alpha value is -0.670. The third-order valence-electron chi connectivity index (χ3n) is 1.24. The van der Waals surface area contributed by atoms with Crippen molar-refractivity contribution in [2.24, 2.45) is 0 Å². The molecule has 66 valence electrons. The maximum Gasteiger partial charge on any atom is 0.256 e. The maximum absolute atomic E-state index is 11.2. The van der Waals surface area contributed by atoms with Gasteiger partial charge in [0.25, 0.3) is 5.91 Å². The number of hydrogen-bond donors (Lipinski definition) is 1. The van der Waals surface area contributed by atoms with Crippen LogP contribution in [-0.2, 0) is 0 Å². The molecule has 1 N–H and O–H groups in total. The van der Waals surface area contributed by atoms with Crippen LogP contribution in [-0.4, -0.2) is 18.3 Å². The van der Waals surface area contributed by atoms with Crippen molar-refractivity contribution in [2.45, 2.75) is 0 Å². The summed E-state index contributed by atoms with van der Waals surface area (Å²) in [6, 6.07) is 1.51. The zero-order valence-electron chi connectivity index (χ0n) is 6.14. The molecule has 0 fully saturated rings. The molecule has 3 nitrogen and oxygen atoms in total. The molecule has 1 heterocycles. The Bertz CT molecular complexity index is 272. The average Bonchev–Trinajstić information content (AvgIpc) is 2.47. The second-order valence-electron chi connectivity index (χ2n) is 2.05. The monoisotopic (exact) mass is 207 g/mol. The number of amides is 1. The fourth-order valence-corrected chi connectivity index (χ4v) is 1.01. The molecule has 0 bridgehead atoms. The topological polar surface area (TPSA) is 42.2 Å². The van der Waals surface area contributed by atoms with Crippen molar-refractivity contribution in [1.82, 2.24) is 5.32 Å². The Morgan fingerprint density at radius 2 is 2.42 bits per heavy atom. The maximum atomic E-state index is 11.2. The van der Waals surface area contributed by atoms with Crippen molar-refractivity contribution in [2.75, 3.05) is 12.4 Å². The number of carbonyl (C=O) groups is 1. The van der Waals surface area contributed by atoms with Gasteiger partial charge in [0.2, 0.25) is 5.22 Å². The van der Waals surface area contributed by atoms with Crippen molar-refractivity contribution in [3.05, 3.63) is 23.1 Å². The molecule has 0 unspecified atom stereocenters. The number of nitrogens with one attached hydrogen (secondary N) is 1. The van der Waals surface area contributed by atoms with Crippen LogP contribution in [0.5, 0.6) is 0 Å². The summed E-state index contributed by atoms with van der Waals surface area (Å²) < 4.78 is 4.74. The van der Waals surface area contributed by atoms with Crippen LogP contribution in [0.1, 0.15) is 10.4 Å². The van der Waals surface area contributed by atoms with Gasteiger partial charge in [-0.3, -0.25) is 4.79 Å². The highest BCUT2D eigenvalue weighted by Gasteiger charge is 2.11. The summed E-state index contributed by atoms with van der Waals surface area (Å²) in [5, 5.41) is 2.66. The summed E-state index contributed by atoms with van der Waals surface area (Å²) in [7, 11) is 0. The Morgan fingerprint density at radius 1 is 1.67 bits per heavy atom. The lowest BCUT2D eigenvalue weighted by Crippen LogP contribution is -2.24. The van der Waals surface area contributed by atoms with Crippen molar-refractivity contribution in [1.29, 1.82) is 0 Å². The lowest BCUT2D eigenvalue weighted by atomic mass is 10.3. The van der Waals surface area contributed by atoms with Gasteiger partial charge in [-0.05, 0) is 17.7 Å². The summed E-state index contributed by atoms with van der Waals surface area (Å²) >= 11 is 10.9. The molecule has 12 heavy (non-hydrogen) atoms. The summed E-state index contributed by atoms with van der Waals surface area (Å²) in [5.41, 5.74) is 0.335. The molecule has 0 aliphatic heterocycles. The number of carbonyl (C=O) groups excluding carboxylic acids is 1. The molecule has 0 aliphatic carbocycles. The first-order valence-corrected chi connectivity index (χ1v) is 4.24. The standard InChI is InChI=1S/C7H7Cl2NO2/c8-2-3-10-7(11)5-1-4-12-6(5)9/h1,4H,2-3H2,(H,10,11). The highest BCUT2D eigenvalue weighted by atomic mass is 35.5. The van der Waals surface area contributed by atoms with E-state index in [1.807, 2.05) is 0 Å². The normalized spacial score (nSPS) is 9.83. The molecule has 1 amide bonds. The molecular formula is C7H7Cl2NO2. The average molecular weight is 208 g/mol. The van der Waals surface area contributed by atoms with E-state index in [0.717, 1.165) is 0 Å². The molecule has 1 aromatic heterocycles. The number of furan rings is 1. The van der Waals surface area contributed by atoms with E-state index in [0.29, 0.717) is 18.0 Å². The van der Waals surface area contributed by atoms with Crippen LogP contribution in [0, 0.1) is 0 Å². The molecular weight excluding hydrogens is 201 g/mol. The number of hydrogen-bond acceptors (Lipinski definition) is 2. The Morgan fingerprint density at radius 3 is 2.92 bits per heavy atom. The highest BCUT2D eigenvalue weighted by Crippen LogP contribution is 2.15. The summed E-state index contributed by atoms with van der Waals surface area (Å²) in [6.07, 6.45) is 1.36. The minimum Gasteiger partial charge on any atom is -0.452 e. The molecule has 1 rings (SSSR count). The largest absolute Gasteiger partial charge is 0.452 e. The minimum absolute atomic E-state index is 0.0991. The molecule has 0 saturated heterocycles. The number of alkyl halides is 1. The lowest BCUT2D eigenvalue weighted by Gasteiger charge is -1.98. The van der Waals surface area contributed by atoms with E-state index in [-0.39, 0.29) is 11.1 Å². The van der Waals surface area contributed by atoms with Gasteiger partial charge in [0.15, 0.2) is 0 Å². The smallest absolute Gasteiger partial charge is 0.256 e. The van der Waals surface area contributed by atoms with Gasteiger partial charge in [-0.2, -0.15) is 0 Å². The summed E-state index contributed by atoms with van der Waals surface area (Å²) in [4.78, 5) is 11.2. The van der Waals surface area contributed by atoms with Gasteiger partial charge in [-0.15, -0.1) is 11.6 Å². The van der Waals surface area contributed by atoms with Crippen LogP contribution >= 0.6 is 23.2 Å². The Balaban J connectivity index is 2.59. The first-order valence-electron chi connectivity index (χ1n) is 3.33. The first-order chi connectivity index (χ1) is 5.75. The van der Waals surface area contributed by atoms with E-state index < -0.39 is 0 Å². The fourth-order valence-electron chi connectivity index (χ4n) is 0.712. The quantitative estimate of drug-likeness (QED) is 0.770. The van der Waals surface area contributed by atoms with Gasteiger partial charge in [0.1, 0.15) is 0 Å². The predicted octanol–water partition coefficient (Wildman–Crippen LogP) is 1.90. The minimum atomic E-state index is -0.269. The van der Waals surface area contributed by atoms with Crippen LogP contribution in [0.4, 0.5) is 0 Å². The molecule has 0 spiro atoms. The molecule has 5 heteroatoms. The van der Waals surface area contributed by atoms with Crippen LogP contribution in [0.15, 0.2) is 16.7 Å². The SMILES string of the molecule is O=C(NCCCl)c1ccoc1Cl. The van der Waals surface area contributed by atoms with Gasteiger partial charge in [-0.1, -0.05) is 0 Å². The lowest BCUT2D eigenvalue weighted by molar-refractivity contribution is 0.0955. The van der Waals surface area contributed by atoms with Crippen molar-refractivity contribution in [3.8, 4) is 0 Å². The van der Waals surface area contributed by atoms with Crippen molar-refractivity contribution in [3.63, 3.8) is 0 Å². The highest BCUT2D eigenvalue weighted by molar-refractivity contribution is 6.32. The summed E-state index contributed by atoms with van der Waals surface area (Å²) in [5.74, 6) is 0.107. The van der Waals surface area contributed by atoms with Crippen LogP contribution < -0.4 is 5.32 Å². The van der Waals surface area contributed by atoms with E-state index in [2.05, 4.69) is 5.32 Å². The van der Waals surface area contributed by atoms with Gasteiger partial charge < -0.3 is 9.73 Å². The van der Waals surface area contributed by atoms with Gasteiger partial charge in [0.05, 0.1) is 11.8 Å². The Kier molecular flexibility index (Phi) is 3.44. The van der Waals surface area contributed by atoms with Gasteiger partial charge in [-0.25, -0.2) is 0 Å². The van der Waals surface area contributed by atoms with Crippen molar-refractivity contribution < 1.29 is 9.21 Å². The molecule has 0 aromatic carbocycles. The van der Waals surface area contributed by atoms with E-state index >= 15 is 0 Å². The summed E-state index contributed by atoms with van der Waals surface area (Å²) in [6.45, 7) is 0.419. The van der Waals surface area contributed by atoms with Crippen molar-refractivity contribution >= 4 is 29.1 Å². The third kappa shape index (κ3) is 2.16. The fraction of sp³-hybridized carbons (Fsp3) is 0.286. The third-order valence-corrected chi connectivity index (χ3v) is 1.72. The first kappa shape index (κ1) is 9.42. The molecule has 0 radical (unpaired) electrons. The Labute approximate surface area is 79.6 Å². The predicted molar refractivity (Wildman–Crippen MR) is 46.8 cm³/mol. The molecule has 1 aromatic rings. The zero-order valence-corrected chi connectivity index (χ0v) is 7.65. The van der Waals surface area contributed by atoms with Crippen LogP contribution in [0.3, 0.4) is 0 Å². The second kappa shape index (κ2) is 4.38. The van der Waals surface area contributed by atoms with E-state index in [9.17, 15) is 4.79 Å². The number of rotatable bonds is 3. The van der Waals surface area contributed by atoms with Crippen LogP contribution in [0.25, 0.3) is 0 Å². The van der Waals surface area contributed by atoms with Gasteiger partial charge in [0, 0.05) is 12.4 Å². The van der Waals surface area contributed by atoms with E-state index in [1.54, 1.807) is 0 Å². The van der Waals surface area contributed by atoms with E-state index in [1.165, 1.54) is 12.3 Å². The van der Waals surface area contributed by atoms with E-state index in [4.69, 9.17) is 27.6 Å². The molecule has 0 saturated carbocycles. The second-order valence-corrected chi connectivity index (χ2v) is 2.77. The van der Waals surface area contributed by atoms with Crippen LogP contribution in [0.2, 0.25) is 5.22 Å². The zero-order chi connectivity index (χ0) is 8.97. The van der Waals surface area contributed by atoms with Gasteiger partial charge >= 0.3 is 0 Å². The molecule has 0 atom stereocenters. The number of halogens is 2.